The number of para-hydroxylation sites is 1. The summed E-state index contributed by atoms with van der Waals surface area (Å²) in [6, 6.07) is 35.3. The fourth-order valence-corrected chi connectivity index (χ4v) is 6.93. The highest BCUT2D eigenvalue weighted by Crippen LogP contribution is 2.51. The molecule has 2 aliphatic rings. The van der Waals surface area contributed by atoms with Crippen LogP contribution in [0.25, 0.3) is 22.0 Å². The van der Waals surface area contributed by atoms with E-state index in [0.717, 1.165) is 80.1 Å². The minimum absolute atomic E-state index is 0.0621. The van der Waals surface area contributed by atoms with E-state index in [1.807, 2.05) is 24.3 Å². The average molecular weight is 568 g/mol. The molecule has 2 aromatic heterocycles. The number of carbonyl (C=O) groups is 1. The van der Waals surface area contributed by atoms with Crippen LogP contribution < -0.4 is 10.2 Å². The van der Waals surface area contributed by atoms with E-state index in [0.29, 0.717) is 6.54 Å². The van der Waals surface area contributed by atoms with Crippen molar-refractivity contribution in [3.05, 3.63) is 126 Å². The molecule has 43 heavy (non-hydrogen) atoms. The minimum atomic E-state index is -0.706. The van der Waals surface area contributed by atoms with E-state index in [1.165, 1.54) is 16.5 Å². The third-order valence-corrected chi connectivity index (χ3v) is 9.16. The summed E-state index contributed by atoms with van der Waals surface area (Å²) < 4.78 is 0. The molecule has 0 atom stereocenters. The lowest BCUT2D eigenvalue weighted by molar-refractivity contribution is -0.125. The Balaban J connectivity index is 1.02. The number of aromatic nitrogens is 2. The predicted octanol–water partition coefficient (Wildman–Crippen LogP) is 6.21. The van der Waals surface area contributed by atoms with Gasteiger partial charge in [0.15, 0.2) is 0 Å². The maximum atomic E-state index is 14.3. The van der Waals surface area contributed by atoms with Crippen molar-refractivity contribution in [3.8, 4) is 11.1 Å². The van der Waals surface area contributed by atoms with Crippen LogP contribution in [-0.2, 0) is 16.8 Å². The molecular weight excluding hydrogens is 530 g/mol. The second-order valence-electron chi connectivity index (χ2n) is 11.6. The van der Waals surface area contributed by atoms with Gasteiger partial charge < -0.3 is 10.2 Å². The highest BCUT2D eigenvalue weighted by molar-refractivity contribution is 6.00. The molecule has 0 radical (unpaired) electrons. The quantitative estimate of drug-likeness (QED) is 0.215. The number of fused-ring (bicyclic) bond motifs is 4. The summed E-state index contributed by atoms with van der Waals surface area (Å²) in [4.78, 5) is 28.5. The van der Waals surface area contributed by atoms with Crippen molar-refractivity contribution in [2.75, 3.05) is 37.6 Å². The first-order valence-electron chi connectivity index (χ1n) is 15.4. The summed E-state index contributed by atoms with van der Waals surface area (Å²) in [5.74, 6) is 1.13. The van der Waals surface area contributed by atoms with Crippen LogP contribution in [0, 0.1) is 0 Å². The van der Waals surface area contributed by atoms with Crippen LogP contribution in [0.3, 0.4) is 0 Å². The molecule has 1 aliphatic carbocycles. The van der Waals surface area contributed by atoms with Gasteiger partial charge in [-0.2, -0.15) is 0 Å². The Bertz CT molecular complexity index is 1680. The Labute approximate surface area is 253 Å². The van der Waals surface area contributed by atoms with Crippen LogP contribution in [-0.4, -0.2) is 53.5 Å². The zero-order chi connectivity index (χ0) is 29.1. The number of piperazine rings is 1. The first-order valence-corrected chi connectivity index (χ1v) is 15.4. The van der Waals surface area contributed by atoms with Gasteiger partial charge in [0.25, 0.3) is 0 Å². The number of benzene rings is 3. The molecule has 7 rings (SSSR count). The maximum Gasteiger partial charge on any atom is 0.235 e. The van der Waals surface area contributed by atoms with Gasteiger partial charge in [0.2, 0.25) is 5.91 Å². The van der Waals surface area contributed by atoms with Crippen molar-refractivity contribution in [2.24, 2.45) is 0 Å². The van der Waals surface area contributed by atoms with Gasteiger partial charge in [-0.1, -0.05) is 79.2 Å². The molecule has 1 fully saturated rings. The van der Waals surface area contributed by atoms with Crippen molar-refractivity contribution in [1.82, 2.24) is 20.2 Å². The topological polar surface area (TPSA) is 61.4 Å². The van der Waals surface area contributed by atoms with Gasteiger partial charge in [-0.3, -0.25) is 14.7 Å². The third-order valence-electron chi connectivity index (χ3n) is 9.16. The van der Waals surface area contributed by atoms with Gasteiger partial charge in [0.1, 0.15) is 11.2 Å². The lowest BCUT2D eigenvalue weighted by Crippen LogP contribution is -2.47. The number of nitrogens with zero attached hydrogens (tertiary/aromatic N) is 4. The molecule has 0 saturated carbocycles. The van der Waals surface area contributed by atoms with Crippen LogP contribution in [0.15, 0.2) is 109 Å². The molecule has 0 bridgehead atoms. The fraction of sp³-hybridized carbons (Fsp3) is 0.270. The number of unbranched alkanes of at least 4 members (excludes halogenated alkanes) is 1. The molecule has 5 aromatic rings. The van der Waals surface area contributed by atoms with Crippen molar-refractivity contribution in [3.63, 3.8) is 0 Å². The van der Waals surface area contributed by atoms with Crippen molar-refractivity contribution in [2.45, 2.75) is 31.2 Å². The number of hydrogen-bond donors (Lipinski definition) is 1. The zero-order valence-corrected chi connectivity index (χ0v) is 24.5. The van der Waals surface area contributed by atoms with E-state index < -0.39 is 5.41 Å². The highest BCUT2D eigenvalue weighted by Gasteiger charge is 2.48. The lowest BCUT2D eigenvalue weighted by atomic mass is 9.73. The molecule has 0 unspecified atom stereocenters. The average Bonchev–Trinajstić information content (AvgIpc) is 3.37. The van der Waals surface area contributed by atoms with E-state index in [-0.39, 0.29) is 5.91 Å². The summed E-state index contributed by atoms with van der Waals surface area (Å²) in [7, 11) is 0. The highest BCUT2D eigenvalue weighted by atomic mass is 16.2. The first-order chi connectivity index (χ1) is 21.2. The van der Waals surface area contributed by atoms with Gasteiger partial charge >= 0.3 is 0 Å². The van der Waals surface area contributed by atoms with Crippen molar-refractivity contribution < 1.29 is 4.79 Å². The van der Waals surface area contributed by atoms with Gasteiger partial charge in [-0.25, -0.2) is 4.98 Å². The molecular formula is C37H37N5O. The predicted molar refractivity (Wildman–Crippen MR) is 173 cm³/mol. The van der Waals surface area contributed by atoms with E-state index in [9.17, 15) is 4.79 Å². The second kappa shape index (κ2) is 12.0. The number of hydrogen-bond acceptors (Lipinski definition) is 5. The van der Waals surface area contributed by atoms with E-state index >= 15 is 0 Å². The number of pyridine rings is 2. The van der Waals surface area contributed by atoms with Crippen molar-refractivity contribution in [1.29, 1.82) is 0 Å². The van der Waals surface area contributed by atoms with Gasteiger partial charge in [-0.15, -0.1) is 0 Å². The SMILES string of the molecule is O=C(NCc1ccccn1)C1(CCCCN2CCN(c3ccc4ccccc4n3)CC2)c2ccccc2-c2ccccc21. The molecule has 1 aliphatic heterocycles. The van der Waals surface area contributed by atoms with Crippen LogP contribution in [0.4, 0.5) is 5.82 Å². The third kappa shape index (κ3) is 5.28. The van der Waals surface area contributed by atoms with Gasteiger partial charge in [0, 0.05) is 37.8 Å². The fourth-order valence-electron chi connectivity index (χ4n) is 6.93. The molecule has 1 amide bonds. The van der Waals surface area contributed by atoms with Gasteiger partial charge in [-0.05, 0) is 72.0 Å². The molecule has 6 nitrogen and oxygen atoms in total. The molecule has 3 heterocycles. The molecule has 1 N–H and O–H groups in total. The molecule has 6 heteroatoms. The Morgan fingerprint density at radius 3 is 2.19 bits per heavy atom. The number of amides is 1. The van der Waals surface area contributed by atoms with Crippen LogP contribution in [0.1, 0.15) is 36.1 Å². The standard InChI is InChI=1S/C37H37N5O/c43-36(39-27-29-12-7-9-21-38-29)37(32-15-4-2-13-30(32)31-14-3-5-16-33(31)37)20-8-10-22-41-23-25-42(26-24-41)35-19-18-28-11-1-6-17-34(28)40-35/h1-7,9,11-19,21H,8,10,20,22-27H2,(H,39,43). The van der Waals surface area contributed by atoms with Crippen LogP contribution >= 0.6 is 0 Å². The van der Waals surface area contributed by atoms with Crippen molar-refractivity contribution >= 4 is 22.6 Å². The van der Waals surface area contributed by atoms with Crippen LogP contribution in [0.2, 0.25) is 0 Å². The number of nitrogens with one attached hydrogen (secondary N) is 1. The maximum absolute atomic E-state index is 14.3. The molecule has 1 saturated heterocycles. The van der Waals surface area contributed by atoms with E-state index in [4.69, 9.17) is 4.98 Å². The molecule has 216 valence electrons. The summed E-state index contributed by atoms with van der Waals surface area (Å²) in [6.45, 7) is 5.46. The minimum Gasteiger partial charge on any atom is -0.354 e. The Hall–Kier alpha value is -4.55. The largest absolute Gasteiger partial charge is 0.354 e. The summed E-state index contributed by atoms with van der Waals surface area (Å²) in [5, 5.41) is 4.44. The Morgan fingerprint density at radius 2 is 1.44 bits per heavy atom. The number of anilines is 1. The zero-order valence-electron chi connectivity index (χ0n) is 24.5. The summed E-state index contributed by atoms with van der Waals surface area (Å²) in [5.41, 5.74) is 5.79. The number of rotatable bonds is 9. The summed E-state index contributed by atoms with van der Waals surface area (Å²) in [6.07, 6.45) is 4.56. The van der Waals surface area contributed by atoms with Crippen LogP contribution in [0.5, 0.6) is 0 Å². The van der Waals surface area contributed by atoms with E-state index in [2.05, 4.69) is 99.0 Å². The number of carbonyl (C=O) groups excluding carboxylic acids is 1. The lowest BCUT2D eigenvalue weighted by Gasteiger charge is -2.36. The monoisotopic (exact) mass is 567 g/mol. The Kier molecular flexibility index (Phi) is 7.60. The second-order valence-corrected chi connectivity index (χ2v) is 11.6. The Morgan fingerprint density at radius 1 is 0.744 bits per heavy atom. The molecule has 3 aromatic carbocycles. The van der Waals surface area contributed by atoms with E-state index in [1.54, 1.807) is 6.20 Å². The smallest absolute Gasteiger partial charge is 0.235 e. The summed E-state index contributed by atoms with van der Waals surface area (Å²) >= 11 is 0. The normalized spacial score (nSPS) is 15.7. The molecule has 0 spiro atoms. The van der Waals surface area contributed by atoms with Gasteiger partial charge in [0.05, 0.1) is 17.8 Å². The first kappa shape index (κ1) is 27.3.